The first-order chi connectivity index (χ1) is 8.70. The summed E-state index contributed by atoms with van der Waals surface area (Å²) in [6.07, 6.45) is 1.78. The maximum absolute atomic E-state index is 12.4. The minimum atomic E-state index is -1.34. The molecule has 2 aliphatic rings. The molecule has 0 aromatic rings. The molecule has 108 valence electrons. The molecule has 2 saturated carbocycles. The molecule has 0 spiro atoms. The third-order valence-electron chi connectivity index (χ3n) is 5.61. The molecule has 0 saturated heterocycles. The highest BCUT2D eigenvalue weighted by atomic mass is 16.5. The Kier molecular flexibility index (Phi) is 3.50. The number of aliphatic hydroxyl groups is 1. The van der Waals surface area contributed by atoms with Crippen LogP contribution in [-0.2, 0) is 14.3 Å². The Morgan fingerprint density at radius 1 is 1.42 bits per heavy atom. The number of Topliss-reactive ketones (excluding diaryl/α,β-unsaturated/α-hetero) is 1. The van der Waals surface area contributed by atoms with Gasteiger partial charge in [0.1, 0.15) is 11.7 Å². The summed E-state index contributed by atoms with van der Waals surface area (Å²) in [5.41, 5.74) is -1.74. The van der Waals surface area contributed by atoms with Gasteiger partial charge < -0.3 is 9.84 Å². The molecular weight excluding hydrogens is 244 g/mol. The highest BCUT2D eigenvalue weighted by Crippen LogP contribution is 2.56. The summed E-state index contributed by atoms with van der Waals surface area (Å²) < 4.78 is 5.21. The molecule has 0 unspecified atom stereocenters. The van der Waals surface area contributed by atoms with Gasteiger partial charge in [0, 0.05) is 25.2 Å². The van der Waals surface area contributed by atoms with Crippen molar-refractivity contribution in [3.63, 3.8) is 0 Å². The van der Waals surface area contributed by atoms with E-state index in [0.717, 1.165) is 12.8 Å². The highest BCUT2D eigenvalue weighted by Gasteiger charge is 2.61. The Hall–Kier alpha value is -0.900. The second-order valence-corrected chi connectivity index (χ2v) is 6.65. The lowest BCUT2D eigenvalue weighted by Crippen LogP contribution is -2.64. The lowest BCUT2D eigenvalue weighted by molar-refractivity contribution is -0.201. The summed E-state index contributed by atoms with van der Waals surface area (Å²) in [7, 11) is 0. The average Bonchev–Trinajstić information content (AvgIpc) is 2.30. The first-order valence-electron chi connectivity index (χ1n) is 7.13. The third kappa shape index (κ3) is 2.10. The molecular formula is C15H24O4. The SMILES string of the molecule is CC(=O)O[C@@H]1CC[C@]2(C)[C@H](C)[C@H](C)CC(=O)[C@]2(O)C1. The van der Waals surface area contributed by atoms with E-state index in [1.807, 2.05) is 6.92 Å². The second-order valence-electron chi connectivity index (χ2n) is 6.65. The minimum Gasteiger partial charge on any atom is -0.462 e. The van der Waals surface area contributed by atoms with Gasteiger partial charge in [0.25, 0.3) is 0 Å². The van der Waals surface area contributed by atoms with Crippen LogP contribution in [0.1, 0.15) is 53.4 Å². The summed E-state index contributed by atoms with van der Waals surface area (Å²) in [5.74, 6) is 0.149. The van der Waals surface area contributed by atoms with Crippen LogP contribution >= 0.6 is 0 Å². The zero-order valence-corrected chi connectivity index (χ0v) is 12.2. The van der Waals surface area contributed by atoms with Crippen molar-refractivity contribution in [3.8, 4) is 0 Å². The van der Waals surface area contributed by atoms with Crippen molar-refractivity contribution in [1.82, 2.24) is 0 Å². The van der Waals surface area contributed by atoms with E-state index in [2.05, 4.69) is 13.8 Å². The molecule has 4 heteroatoms. The van der Waals surface area contributed by atoms with Gasteiger partial charge in [-0.3, -0.25) is 9.59 Å². The number of carbonyl (C=O) groups excluding carboxylic acids is 2. The zero-order valence-electron chi connectivity index (χ0n) is 12.2. The van der Waals surface area contributed by atoms with Crippen LogP contribution in [-0.4, -0.2) is 28.6 Å². The Bertz CT molecular complexity index is 405. The van der Waals surface area contributed by atoms with Crippen molar-refractivity contribution in [1.29, 1.82) is 0 Å². The van der Waals surface area contributed by atoms with Crippen molar-refractivity contribution in [3.05, 3.63) is 0 Å². The van der Waals surface area contributed by atoms with Gasteiger partial charge in [-0.2, -0.15) is 0 Å². The Morgan fingerprint density at radius 2 is 2.05 bits per heavy atom. The van der Waals surface area contributed by atoms with Gasteiger partial charge in [0.2, 0.25) is 0 Å². The molecule has 1 N–H and O–H groups in total. The summed E-state index contributed by atoms with van der Waals surface area (Å²) in [6.45, 7) is 7.57. The molecule has 2 fully saturated rings. The molecule has 0 bridgehead atoms. The van der Waals surface area contributed by atoms with Crippen LogP contribution in [0.2, 0.25) is 0 Å². The first-order valence-corrected chi connectivity index (χ1v) is 7.13. The first kappa shape index (κ1) is 14.5. The Labute approximate surface area is 114 Å². The van der Waals surface area contributed by atoms with Crippen molar-refractivity contribution in [2.24, 2.45) is 17.3 Å². The zero-order chi connectivity index (χ0) is 14.4. The van der Waals surface area contributed by atoms with Crippen molar-refractivity contribution in [2.45, 2.75) is 65.1 Å². The highest BCUT2D eigenvalue weighted by molar-refractivity contribution is 5.89. The van der Waals surface area contributed by atoms with E-state index in [4.69, 9.17) is 4.74 Å². The summed E-state index contributed by atoms with van der Waals surface area (Å²) in [6, 6.07) is 0. The van der Waals surface area contributed by atoms with E-state index in [1.165, 1.54) is 6.92 Å². The summed E-state index contributed by atoms with van der Waals surface area (Å²) >= 11 is 0. The molecule has 0 heterocycles. The molecule has 5 atom stereocenters. The maximum Gasteiger partial charge on any atom is 0.302 e. The fourth-order valence-electron chi connectivity index (χ4n) is 3.97. The minimum absolute atomic E-state index is 0.0857. The van der Waals surface area contributed by atoms with Crippen molar-refractivity contribution in [2.75, 3.05) is 0 Å². The molecule has 0 aromatic carbocycles. The van der Waals surface area contributed by atoms with Gasteiger partial charge >= 0.3 is 5.97 Å². The largest absolute Gasteiger partial charge is 0.462 e. The summed E-state index contributed by atoms with van der Waals surface area (Å²) in [4.78, 5) is 23.4. The van der Waals surface area contributed by atoms with Gasteiger partial charge in [0.15, 0.2) is 5.78 Å². The van der Waals surface area contributed by atoms with E-state index in [0.29, 0.717) is 12.3 Å². The number of ether oxygens (including phenoxy) is 1. The van der Waals surface area contributed by atoms with Gasteiger partial charge in [-0.15, -0.1) is 0 Å². The Morgan fingerprint density at radius 3 is 2.63 bits per heavy atom. The van der Waals surface area contributed by atoms with Gasteiger partial charge in [0.05, 0.1) is 0 Å². The fraction of sp³-hybridized carbons (Fsp3) is 0.867. The number of fused-ring (bicyclic) bond motifs is 1. The van der Waals surface area contributed by atoms with Crippen LogP contribution in [0.3, 0.4) is 0 Å². The smallest absolute Gasteiger partial charge is 0.302 e. The van der Waals surface area contributed by atoms with Crippen LogP contribution in [0, 0.1) is 17.3 Å². The molecule has 4 nitrogen and oxygen atoms in total. The monoisotopic (exact) mass is 268 g/mol. The van der Waals surface area contributed by atoms with Crippen LogP contribution in [0.25, 0.3) is 0 Å². The van der Waals surface area contributed by atoms with E-state index >= 15 is 0 Å². The van der Waals surface area contributed by atoms with Crippen LogP contribution in [0.15, 0.2) is 0 Å². The van der Waals surface area contributed by atoms with Crippen molar-refractivity contribution >= 4 is 11.8 Å². The van der Waals surface area contributed by atoms with Gasteiger partial charge in [-0.05, 0) is 24.7 Å². The number of ketones is 1. The lowest BCUT2D eigenvalue weighted by Gasteiger charge is -2.57. The van der Waals surface area contributed by atoms with E-state index in [-0.39, 0.29) is 30.2 Å². The lowest BCUT2D eigenvalue weighted by atomic mass is 9.50. The number of hydrogen-bond donors (Lipinski definition) is 1. The Balaban J connectivity index is 2.28. The molecule has 0 amide bonds. The number of carbonyl (C=O) groups is 2. The maximum atomic E-state index is 12.4. The molecule has 19 heavy (non-hydrogen) atoms. The van der Waals surface area contributed by atoms with Crippen molar-refractivity contribution < 1.29 is 19.4 Å². The number of esters is 1. The average molecular weight is 268 g/mol. The summed E-state index contributed by atoms with van der Waals surface area (Å²) in [5, 5.41) is 10.9. The quantitative estimate of drug-likeness (QED) is 0.740. The molecule has 0 aromatic heterocycles. The van der Waals surface area contributed by atoms with E-state index < -0.39 is 11.0 Å². The van der Waals surface area contributed by atoms with Crippen LogP contribution in [0.5, 0.6) is 0 Å². The molecule has 2 rings (SSSR count). The number of hydrogen-bond acceptors (Lipinski definition) is 4. The van der Waals surface area contributed by atoms with Crippen LogP contribution < -0.4 is 0 Å². The fourth-order valence-corrected chi connectivity index (χ4v) is 3.97. The third-order valence-corrected chi connectivity index (χ3v) is 5.61. The molecule has 0 aliphatic heterocycles. The molecule has 0 radical (unpaired) electrons. The number of rotatable bonds is 1. The second kappa shape index (κ2) is 4.58. The molecule has 2 aliphatic carbocycles. The van der Waals surface area contributed by atoms with E-state index in [9.17, 15) is 14.7 Å². The normalized spacial score (nSPS) is 46.6. The topological polar surface area (TPSA) is 63.6 Å². The van der Waals surface area contributed by atoms with E-state index in [1.54, 1.807) is 0 Å². The predicted molar refractivity (Wildman–Crippen MR) is 70.4 cm³/mol. The van der Waals surface area contributed by atoms with Gasteiger partial charge in [-0.25, -0.2) is 0 Å². The van der Waals surface area contributed by atoms with Gasteiger partial charge in [-0.1, -0.05) is 20.8 Å². The van der Waals surface area contributed by atoms with Crippen LogP contribution in [0.4, 0.5) is 0 Å². The predicted octanol–water partition coefficient (Wildman–Crippen LogP) is 2.08. The standard InChI is InChI=1S/C15H24O4/c1-9-7-13(17)15(18)8-12(19-11(3)16)5-6-14(15,4)10(9)2/h9-10,12,18H,5-8H2,1-4H3/t9-,10-,12-,14-,15-/m1/s1.